The molecule has 3 aromatic rings. The Morgan fingerprint density at radius 2 is 1.66 bits per heavy atom. The molecular weight excluding hydrogens is 414 g/mol. The SMILES string of the molecule is CCOC(=O)c1c(NC(C)(C)C)oc(-c2coc3ccc(C)cc3c2=O)c1C(=O)OCC. The number of benzene rings is 1. The first-order valence-corrected chi connectivity index (χ1v) is 10.4. The zero-order valence-electron chi connectivity index (χ0n) is 19.1. The number of carbonyl (C=O) groups excluding carboxylic acids is 2. The first-order chi connectivity index (χ1) is 15.1. The number of anilines is 1. The molecule has 0 bridgehead atoms. The van der Waals surface area contributed by atoms with Crippen LogP contribution < -0.4 is 10.7 Å². The van der Waals surface area contributed by atoms with Gasteiger partial charge in [0.05, 0.1) is 18.6 Å². The lowest BCUT2D eigenvalue weighted by Gasteiger charge is -2.20. The van der Waals surface area contributed by atoms with Crippen LogP contribution in [0.15, 0.2) is 38.1 Å². The third-order valence-corrected chi connectivity index (χ3v) is 4.53. The zero-order chi connectivity index (χ0) is 23.6. The first kappa shape index (κ1) is 23.1. The molecule has 0 amide bonds. The molecule has 0 saturated carbocycles. The van der Waals surface area contributed by atoms with E-state index in [2.05, 4.69) is 5.32 Å². The number of furan rings is 1. The van der Waals surface area contributed by atoms with Gasteiger partial charge in [0.25, 0.3) is 0 Å². The lowest BCUT2D eigenvalue weighted by molar-refractivity contribution is 0.0481. The number of carbonyl (C=O) groups is 2. The Kier molecular flexibility index (Phi) is 6.43. The first-order valence-electron chi connectivity index (χ1n) is 10.4. The average Bonchev–Trinajstić information content (AvgIpc) is 3.06. The monoisotopic (exact) mass is 441 g/mol. The second kappa shape index (κ2) is 8.90. The summed E-state index contributed by atoms with van der Waals surface area (Å²) in [6, 6.07) is 5.21. The number of hydrogen-bond donors (Lipinski definition) is 1. The summed E-state index contributed by atoms with van der Waals surface area (Å²) in [4.78, 5) is 39.1. The summed E-state index contributed by atoms with van der Waals surface area (Å²) in [6.45, 7) is 10.9. The number of fused-ring (bicyclic) bond motifs is 1. The van der Waals surface area contributed by atoms with E-state index in [1.807, 2.05) is 33.8 Å². The number of nitrogens with one attached hydrogen (secondary N) is 1. The minimum absolute atomic E-state index is 0.00124. The van der Waals surface area contributed by atoms with Crippen LogP contribution in [-0.4, -0.2) is 30.7 Å². The minimum Gasteiger partial charge on any atom is -0.463 e. The maximum Gasteiger partial charge on any atom is 0.344 e. The molecule has 8 heteroatoms. The van der Waals surface area contributed by atoms with Crippen molar-refractivity contribution in [2.45, 2.75) is 47.1 Å². The number of hydrogen-bond acceptors (Lipinski definition) is 8. The van der Waals surface area contributed by atoms with Crippen molar-refractivity contribution < 1.29 is 27.9 Å². The summed E-state index contributed by atoms with van der Waals surface area (Å²) < 4.78 is 21.9. The lowest BCUT2D eigenvalue weighted by Crippen LogP contribution is -2.27. The molecule has 0 aliphatic rings. The normalized spacial score (nSPS) is 11.4. The van der Waals surface area contributed by atoms with Crippen LogP contribution in [0, 0.1) is 6.92 Å². The molecular formula is C24H27NO7. The van der Waals surface area contributed by atoms with Gasteiger partial charge in [-0.2, -0.15) is 0 Å². The average molecular weight is 441 g/mol. The Hall–Kier alpha value is -3.55. The van der Waals surface area contributed by atoms with Gasteiger partial charge in [-0.05, 0) is 53.7 Å². The lowest BCUT2D eigenvalue weighted by atomic mass is 10.0. The van der Waals surface area contributed by atoms with Crippen molar-refractivity contribution in [3.63, 3.8) is 0 Å². The Morgan fingerprint density at radius 1 is 1.03 bits per heavy atom. The molecule has 2 heterocycles. The molecule has 0 aliphatic carbocycles. The van der Waals surface area contributed by atoms with E-state index in [9.17, 15) is 14.4 Å². The Bertz CT molecular complexity index is 1230. The maximum absolute atomic E-state index is 13.3. The number of ether oxygens (including phenoxy) is 2. The van der Waals surface area contributed by atoms with Crippen molar-refractivity contribution in [3.05, 3.63) is 51.4 Å². The summed E-state index contributed by atoms with van der Waals surface area (Å²) in [5.74, 6) is -1.67. The van der Waals surface area contributed by atoms with Crippen LogP contribution in [0.1, 0.15) is 60.9 Å². The summed E-state index contributed by atoms with van der Waals surface area (Å²) in [7, 11) is 0. The smallest absolute Gasteiger partial charge is 0.344 e. The van der Waals surface area contributed by atoms with Gasteiger partial charge < -0.3 is 23.6 Å². The fourth-order valence-electron chi connectivity index (χ4n) is 3.25. The van der Waals surface area contributed by atoms with Gasteiger partial charge in [-0.25, -0.2) is 9.59 Å². The van der Waals surface area contributed by atoms with Gasteiger partial charge in [-0.15, -0.1) is 0 Å². The Labute approximate surface area is 185 Å². The van der Waals surface area contributed by atoms with Crippen LogP contribution in [0.2, 0.25) is 0 Å². The highest BCUT2D eigenvalue weighted by atomic mass is 16.5. The topological polar surface area (TPSA) is 108 Å². The van der Waals surface area contributed by atoms with E-state index < -0.39 is 22.9 Å². The van der Waals surface area contributed by atoms with Crippen molar-refractivity contribution in [3.8, 4) is 11.3 Å². The Balaban J connectivity index is 2.36. The molecule has 0 saturated heterocycles. The van der Waals surface area contributed by atoms with Crippen molar-refractivity contribution in [1.29, 1.82) is 0 Å². The molecule has 32 heavy (non-hydrogen) atoms. The number of rotatable bonds is 6. The molecule has 1 aromatic carbocycles. The van der Waals surface area contributed by atoms with E-state index in [0.717, 1.165) is 5.56 Å². The third-order valence-electron chi connectivity index (χ3n) is 4.53. The summed E-state index contributed by atoms with van der Waals surface area (Å²) in [6.07, 6.45) is 1.22. The second-order valence-electron chi connectivity index (χ2n) is 8.30. The van der Waals surface area contributed by atoms with E-state index in [1.54, 1.807) is 26.0 Å². The fourth-order valence-corrected chi connectivity index (χ4v) is 3.25. The highest BCUT2D eigenvalue weighted by Gasteiger charge is 2.35. The standard InChI is InChI=1S/C24H27NO7/c1-7-29-22(27)17-18(23(28)30-8-2)21(25-24(4,5)6)32-20(17)15-12-31-16-10-9-13(3)11-14(16)19(15)26/h9-12,25H,7-8H2,1-6H3. The summed E-state index contributed by atoms with van der Waals surface area (Å²) in [5.41, 5.74) is 0.0375. The zero-order valence-corrected chi connectivity index (χ0v) is 19.1. The highest BCUT2D eigenvalue weighted by Crippen LogP contribution is 2.37. The van der Waals surface area contributed by atoms with Gasteiger partial charge in [0.2, 0.25) is 11.3 Å². The predicted octanol–water partition coefficient (Wildman–Crippen LogP) is 4.93. The van der Waals surface area contributed by atoms with E-state index in [-0.39, 0.29) is 41.5 Å². The van der Waals surface area contributed by atoms with Crippen LogP contribution >= 0.6 is 0 Å². The van der Waals surface area contributed by atoms with Gasteiger partial charge in [0, 0.05) is 5.54 Å². The molecule has 3 rings (SSSR count). The quantitative estimate of drug-likeness (QED) is 0.537. The molecule has 0 unspecified atom stereocenters. The van der Waals surface area contributed by atoms with E-state index in [1.165, 1.54) is 6.26 Å². The van der Waals surface area contributed by atoms with Gasteiger partial charge in [0.1, 0.15) is 28.5 Å². The highest BCUT2D eigenvalue weighted by molar-refractivity contribution is 6.10. The fraction of sp³-hybridized carbons (Fsp3) is 0.375. The third kappa shape index (κ3) is 4.54. The van der Waals surface area contributed by atoms with Crippen molar-refractivity contribution >= 4 is 28.8 Å². The van der Waals surface area contributed by atoms with Gasteiger partial charge >= 0.3 is 11.9 Å². The molecule has 8 nitrogen and oxygen atoms in total. The molecule has 0 radical (unpaired) electrons. The predicted molar refractivity (Wildman–Crippen MR) is 120 cm³/mol. The van der Waals surface area contributed by atoms with E-state index >= 15 is 0 Å². The largest absolute Gasteiger partial charge is 0.463 e. The van der Waals surface area contributed by atoms with Crippen LogP contribution in [0.4, 0.5) is 5.88 Å². The molecule has 170 valence electrons. The molecule has 0 fully saturated rings. The van der Waals surface area contributed by atoms with Crippen LogP contribution in [0.25, 0.3) is 22.3 Å². The number of esters is 2. The summed E-state index contributed by atoms with van der Waals surface area (Å²) >= 11 is 0. The molecule has 0 atom stereocenters. The van der Waals surface area contributed by atoms with Gasteiger partial charge in [0.15, 0.2) is 5.76 Å². The van der Waals surface area contributed by atoms with Crippen molar-refractivity contribution in [2.24, 2.45) is 0 Å². The van der Waals surface area contributed by atoms with Gasteiger partial charge in [-0.1, -0.05) is 11.6 Å². The molecule has 0 aliphatic heterocycles. The maximum atomic E-state index is 13.3. The van der Waals surface area contributed by atoms with E-state index in [0.29, 0.717) is 11.0 Å². The second-order valence-corrected chi connectivity index (χ2v) is 8.30. The molecule has 1 N–H and O–H groups in total. The van der Waals surface area contributed by atoms with Crippen LogP contribution in [0.5, 0.6) is 0 Å². The molecule has 0 spiro atoms. The summed E-state index contributed by atoms with van der Waals surface area (Å²) in [5, 5.41) is 3.40. The number of aryl methyl sites for hydroxylation is 1. The van der Waals surface area contributed by atoms with Crippen molar-refractivity contribution in [1.82, 2.24) is 0 Å². The van der Waals surface area contributed by atoms with E-state index in [4.69, 9.17) is 18.3 Å². The van der Waals surface area contributed by atoms with Crippen LogP contribution in [0.3, 0.4) is 0 Å². The minimum atomic E-state index is -0.806. The van der Waals surface area contributed by atoms with Gasteiger partial charge in [-0.3, -0.25) is 4.79 Å². The Morgan fingerprint density at radius 3 is 2.25 bits per heavy atom. The van der Waals surface area contributed by atoms with Crippen LogP contribution in [-0.2, 0) is 9.47 Å². The molecule has 2 aromatic heterocycles. The van der Waals surface area contributed by atoms with Crippen molar-refractivity contribution in [2.75, 3.05) is 18.5 Å².